The Labute approximate surface area is 127 Å². The quantitative estimate of drug-likeness (QED) is 0.793. The first-order chi connectivity index (χ1) is 9.48. The number of rotatable bonds is 3. The van der Waals surface area contributed by atoms with E-state index in [0.717, 1.165) is 15.6 Å². The van der Waals surface area contributed by atoms with Gasteiger partial charge in [0.2, 0.25) is 10.0 Å². The molecule has 0 amide bonds. The van der Waals surface area contributed by atoms with E-state index >= 15 is 0 Å². The maximum Gasteiger partial charge on any atom is 0.243 e. The van der Waals surface area contributed by atoms with Crippen molar-refractivity contribution >= 4 is 26.0 Å². The second-order valence-corrected chi connectivity index (χ2v) is 7.76. The summed E-state index contributed by atoms with van der Waals surface area (Å²) in [5.74, 6) is 0. The van der Waals surface area contributed by atoms with Crippen molar-refractivity contribution in [2.24, 2.45) is 0 Å². The van der Waals surface area contributed by atoms with Gasteiger partial charge in [-0.1, -0.05) is 45.8 Å². The topological polar surface area (TPSA) is 37.1 Å². The first kappa shape index (κ1) is 13.8. The van der Waals surface area contributed by atoms with Gasteiger partial charge in [-0.25, -0.2) is 8.42 Å². The van der Waals surface area contributed by atoms with Crippen LogP contribution >= 0.6 is 15.9 Å². The van der Waals surface area contributed by atoms with Crippen LogP contribution in [0.1, 0.15) is 17.2 Å². The third-order valence-corrected chi connectivity index (χ3v) is 5.87. The SMILES string of the molecule is Cc1ccc(S(=O)(=O)N2C[C@@H]2c2ccc(Br)cc2)cc1. The van der Waals surface area contributed by atoms with Crippen LogP contribution in [0, 0.1) is 6.92 Å². The second kappa shape index (κ2) is 4.98. The zero-order valence-corrected chi connectivity index (χ0v) is 13.4. The molecule has 0 aromatic heterocycles. The molecule has 0 radical (unpaired) electrons. The second-order valence-electron chi connectivity index (χ2n) is 4.96. The van der Waals surface area contributed by atoms with Crippen molar-refractivity contribution in [2.45, 2.75) is 17.9 Å². The molecule has 1 heterocycles. The molecular weight excluding hydrogens is 338 g/mol. The van der Waals surface area contributed by atoms with E-state index in [2.05, 4.69) is 15.9 Å². The summed E-state index contributed by atoms with van der Waals surface area (Å²) < 4.78 is 27.5. The summed E-state index contributed by atoms with van der Waals surface area (Å²) in [6.45, 7) is 2.50. The molecule has 0 spiro atoms. The summed E-state index contributed by atoms with van der Waals surface area (Å²) in [7, 11) is -3.37. The van der Waals surface area contributed by atoms with Gasteiger partial charge >= 0.3 is 0 Å². The van der Waals surface area contributed by atoms with Gasteiger partial charge in [0.15, 0.2) is 0 Å². The standard InChI is InChI=1S/C15H14BrNO2S/c1-11-2-8-14(9-3-11)20(18,19)17-10-15(17)12-4-6-13(16)7-5-12/h2-9,15H,10H2,1H3/t15-,17?/m1/s1. The van der Waals surface area contributed by atoms with E-state index in [-0.39, 0.29) is 6.04 Å². The largest absolute Gasteiger partial charge is 0.243 e. The van der Waals surface area contributed by atoms with Gasteiger partial charge in [0.1, 0.15) is 0 Å². The van der Waals surface area contributed by atoms with Gasteiger partial charge in [-0.15, -0.1) is 0 Å². The van der Waals surface area contributed by atoms with E-state index in [1.54, 1.807) is 12.1 Å². The van der Waals surface area contributed by atoms with Crippen LogP contribution in [-0.4, -0.2) is 19.3 Å². The van der Waals surface area contributed by atoms with Crippen LogP contribution in [0.2, 0.25) is 0 Å². The number of hydrogen-bond donors (Lipinski definition) is 0. The first-order valence-corrected chi connectivity index (χ1v) is 8.56. The average molecular weight is 352 g/mol. The maximum atomic E-state index is 12.5. The summed E-state index contributed by atoms with van der Waals surface area (Å²) in [5, 5.41) is 0. The lowest BCUT2D eigenvalue weighted by Gasteiger charge is -2.07. The Morgan fingerprint density at radius 2 is 1.65 bits per heavy atom. The lowest BCUT2D eigenvalue weighted by Crippen LogP contribution is -2.12. The van der Waals surface area contributed by atoms with Gasteiger partial charge in [-0.3, -0.25) is 0 Å². The van der Waals surface area contributed by atoms with Crippen LogP contribution in [0.25, 0.3) is 0 Å². The lowest BCUT2D eigenvalue weighted by atomic mass is 10.2. The summed E-state index contributed by atoms with van der Waals surface area (Å²) in [6, 6.07) is 14.7. The Kier molecular flexibility index (Phi) is 3.44. The Hall–Kier alpha value is -1.17. The molecule has 1 unspecified atom stereocenters. The highest BCUT2D eigenvalue weighted by Gasteiger charge is 2.45. The number of aryl methyl sites for hydroxylation is 1. The zero-order chi connectivity index (χ0) is 14.3. The summed E-state index contributed by atoms with van der Waals surface area (Å²) in [6.07, 6.45) is 0. The van der Waals surface area contributed by atoms with Crippen LogP contribution in [0.4, 0.5) is 0 Å². The third-order valence-electron chi connectivity index (χ3n) is 3.45. The maximum absolute atomic E-state index is 12.5. The van der Waals surface area contributed by atoms with Crippen molar-refractivity contribution in [1.82, 2.24) is 4.31 Å². The van der Waals surface area contributed by atoms with Crippen LogP contribution in [0.3, 0.4) is 0 Å². The molecule has 104 valence electrons. The fraction of sp³-hybridized carbons (Fsp3) is 0.200. The molecule has 0 aliphatic carbocycles. The highest BCUT2D eigenvalue weighted by atomic mass is 79.9. The van der Waals surface area contributed by atoms with Gasteiger partial charge < -0.3 is 0 Å². The van der Waals surface area contributed by atoms with E-state index in [1.807, 2.05) is 43.3 Å². The van der Waals surface area contributed by atoms with E-state index < -0.39 is 10.0 Å². The third kappa shape index (κ3) is 2.53. The molecule has 3 nitrogen and oxygen atoms in total. The van der Waals surface area contributed by atoms with Crippen molar-refractivity contribution in [3.8, 4) is 0 Å². The molecule has 2 aromatic rings. The van der Waals surface area contributed by atoms with E-state index in [4.69, 9.17) is 0 Å². The fourth-order valence-electron chi connectivity index (χ4n) is 2.19. The van der Waals surface area contributed by atoms with Crippen molar-refractivity contribution < 1.29 is 8.42 Å². The highest BCUT2D eigenvalue weighted by molar-refractivity contribution is 9.10. The summed E-state index contributed by atoms with van der Waals surface area (Å²) in [4.78, 5) is 0.364. The zero-order valence-electron chi connectivity index (χ0n) is 11.0. The minimum atomic E-state index is -3.37. The van der Waals surface area contributed by atoms with Crippen LogP contribution in [-0.2, 0) is 10.0 Å². The van der Waals surface area contributed by atoms with Gasteiger partial charge in [-0.05, 0) is 36.8 Å². The monoisotopic (exact) mass is 351 g/mol. The molecule has 0 N–H and O–H groups in total. The van der Waals surface area contributed by atoms with Crippen molar-refractivity contribution in [3.05, 3.63) is 64.1 Å². The minimum Gasteiger partial charge on any atom is -0.207 e. The Bertz CT molecular complexity index is 723. The molecule has 1 aliphatic heterocycles. The van der Waals surface area contributed by atoms with E-state index in [0.29, 0.717) is 11.4 Å². The smallest absolute Gasteiger partial charge is 0.207 e. The number of nitrogens with zero attached hydrogens (tertiary/aromatic N) is 1. The summed E-state index contributed by atoms with van der Waals surface area (Å²) in [5.41, 5.74) is 2.09. The highest BCUT2D eigenvalue weighted by Crippen LogP contribution is 2.40. The Balaban J connectivity index is 1.84. The molecule has 5 heteroatoms. The van der Waals surface area contributed by atoms with E-state index in [1.165, 1.54) is 4.31 Å². The van der Waals surface area contributed by atoms with Crippen LogP contribution in [0.5, 0.6) is 0 Å². The molecule has 1 fully saturated rings. The number of halogens is 1. The predicted molar refractivity (Wildman–Crippen MR) is 82.0 cm³/mol. The molecule has 1 saturated heterocycles. The van der Waals surface area contributed by atoms with Gasteiger partial charge in [0.05, 0.1) is 10.9 Å². The molecule has 1 aliphatic rings. The molecule has 2 atom stereocenters. The van der Waals surface area contributed by atoms with Gasteiger partial charge in [0.25, 0.3) is 0 Å². The normalized spacial score (nSPS) is 21.7. The van der Waals surface area contributed by atoms with Crippen molar-refractivity contribution in [1.29, 1.82) is 0 Å². The van der Waals surface area contributed by atoms with Crippen molar-refractivity contribution in [3.63, 3.8) is 0 Å². The molecule has 2 aromatic carbocycles. The minimum absolute atomic E-state index is 0.0330. The van der Waals surface area contributed by atoms with E-state index in [9.17, 15) is 8.42 Å². The average Bonchev–Trinajstić information content (AvgIpc) is 3.21. The van der Waals surface area contributed by atoms with Gasteiger partial charge in [-0.2, -0.15) is 4.31 Å². The lowest BCUT2D eigenvalue weighted by molar-refractivity contribution is 0.554. The summed E-state index contributed by atoms with van der Waals surface area (Å²) >= 11 is 3.38. The number of sulfonamides is 1. The fourth-order valence-corrected chi connectivity index (χ4v) is 4.00. The Morgan fingerprint density at radius 3 is 2.25 bits per heavy atom. The van der Waals surface area contributed by atoms with Crippen LogP contribution in [0.15, 0.2) is 57.9 Å². The Morgan fingerprint density at radius 1 is 1.05 bits per heavy atom. The molecule has 0 saturated carbocycles. The molecular formula is C15H14BrNO2S. The molecule has 3 rings (SSSR count). The number of hydrogen-bond acceptors (Lipinski definition) is 2. The molecule has 20 heavy (non-hydrogen) atoms. The molecule has 0 bridgehead atoms. The first-order valence-electron chi connectivity index (χ1n) is 6.32. The van der Waals surface area contributed by atoms with Crippen molar-refractivity contribution in [2.75, 3.05) is 6.54 Å². The predicted octanol–water partition coefficient (Wildman–Crippen LogP) is 3.50. The van der Waals surface area contributed by atoms with Crippen LogP contribution < -0.4 is 0 Å². The van der Waals surface area contributed by atoms with Gasteiger partial charge in [0, 0.05) is 11.0 Å². The number of benzene rings is 2.